The van der Waals surface area contributed by atoms with Gasteiger partial charge in [0.1, 0.15) is 24.2 Å². The third kappa shape index (κ3) is 9.19. The van der Waals surface area contributed by atoms with Crippen molar-refractivity contribution in [3.63, 3.8) is 0 Å². The summed E-state index contributed by atoms with van der Waals surface area (Å²) in [6.07, 6.45) is 0.233. The van der Waals surface area contributed by atoms with Crippen LogP contribution in [-0.2, 0) is 24.0 Å². The molecule has 1 fully saturated rings. The summed E-state index contributed by atoms with van der Waals surface area (Å²) in [5, 5.41) is 32.2. The van der Waals surface area contributed by atoms with Gasteiger partial charge in [0.25, 0.3) is 0 Å². The molecule has 0 saturated carbocycles. The van der Waals surface area contributed by atoms with Crippen LogP contribution in [0.25, 0.3) is 0 Å². The second-order valence-corrected chi connectivity index (χ2v) is 7.82. The molecule has 0 aromatic carbocycles. The van der Waals surface area contributed by atoms with Gasteiger partial charge in [-0.3, -0.25) is 24.2 Å². The number of nitrogens with two attached hydrogens (primary N) is 3. The van der Waals surface area contributed by atoms with E-state index in [1.54, 1.807) is 0 Å². The molecule has 0 aliphatic carbocycles. The fourth-order valence-corrected chi connectivity index (χ4v) is 3.43. The van der Waals surface area contributed by atoms with Gasteiger partial charge in [0.05, 0.1) is 6.61 Å². The number of aliphatic hydroxyl groups excluding tert-OH is 1. The molecule has 1 aliphatic heterocycles. The number of carboxylic acid groups (broad SMARTS) is 2. The smallest absolute Gasteiger partial charge is 0.326 e. The predicted octanol–water partition coefficient (Wildman–Crippen LogP) is -3.73. The number of aliphatic hydroxyl groups is 1. The van der Waals surface area contributed by atoms with E-state index in [2.05, 4.69) is 15.6 Å². The van der Waals surface area contributed by atoms with Crippen LogP contribution in [0.3, 0.4) is 0 Å². The van der Waals surface area contributed by atoms with E-state index in [4.69, 9.17) is 27.4 Å². The van der Waals surface area contributed by atoms with E-state index in [1.165, 1.54) is 4.90 Å². The van der Waals surface area contributed by atoms with Crippen molar-refractivity contribution in [1.29, 1.82) is 0 Å². The first-order valence-electron chi connectivity index (χ1n) is 10.8. The first kappa shape index (κ1) is 28.6. The minimum absolute atomic E-state index is 0.0125. The summed E-state index contributed by atoms with van der Waals surface area (Å²) < 4.78 is 0. The predicted molar refractivity (Wildman–Crippen MR) is 118 cm³/mol. The van der Waals surface area contributed by atoms with E-state index < -0.39 is 66.9 Å². The van der Waals surface area contributed by atoms with Gasteiger partial charge >= 0.3 is 11.9 Å². The van der Waals surface area contributed by atoms with Gasteiger partial charge in [-0.2, -0.15) is 0 Å². The maximum Gasteiger partial charge on any atom is 0.326 e. The standard InChI is InChI=1S/C19H33N7O8/c20-10(9-27)17(32)26-8-2-4-13(26)16(31)24-11(5-6-14(28)29)15(30)25-12(18(33)34)3-1-7-23-19(21)22/h10-13,27H,1-9,20H2,(H,24,31)(H,25,30)(H,28,29)(H,33,34)(H4,21,22,23). The molecule has 192 valence electrons. The molecule has 0 aromatic heterocycles. The van der Waals surface area contributed by atoms with Crippen LogP contribution in [0.2, 0.25) is 0 Å². The fourth-order valence-electron chi connectivity index (χ4n) is 3.43. The molecular formula is C19H33N7O8. The zero-order chi connectivity index (χ0) is 25.8. The number of carboxylic acids is 2. The van der Waals surface area contributed by atoms with E-state index in [-0.39, 0.29) is 44.7 Å². The minimum atomic E-state index is -1.35. The molecule has 1 aliphatic rings. The Bertz CT molecular complexity index is 787. The lowest BCUT2D eigenvalue weighted by atomic mass is 10.1. The van der Waals surface area contributed by atoms with Crippen LogP contribution in [0.15, 0.2) is 4.99 Å². The monoisotopic (exact) mass is 487 g/mol. The van der Waals surface area contributed by atoms with Gasteiger partial charge in [-0.05, 0) is 32.1 Å². The maximum atomic E-state index is 12.8. The molecule has 15 heteroatoms. The highest BCUT2D eigenvalue weighted by Gasteiger charge is 2.37. The lowest BCUT2D eigenvalue weighted by Gasteiger charge is -2.28. The number of likely N-dealkylation sites (tertiary alicyclic amines) is 1. The van der Waals surface area contributed by atoms with Crippen molar-refractivity contribution < 1.29 is 39.3 Å². The van der Waals surface area contributed by atoms with Crippen LogP contribution in [-0.4, -0.2) is 99.7 Å². The maximum absolute atomic E-state index is 12.8. The normalized spacial score (nSPS) is 17.8. The number of carbonyl (C=O) groups excluding carboxylic acids is 3. The second kappa shape index (κ2) is 13.9. The average molecular weight is 488 g/mol. The van der Waals surface area contributed by atoms with Gasteiger partial charge in [0.15, 0.2) is 5.96 Å². The van der Waals surface area contributed by atoms with Crippen LogP contribution < -0.4 is 27.8 Å². The first-order valence-corrected chi connectivity index (χ1v) is 10.8. The highest BCUT2D eigenvalue weighted by atomic mass is 16.4. The Morgan fingerprint density at radius 2 is 1.74 bits per heavy atom. The van der Waals surface area contributed by atoms with Crippen LogP contribution >= 0.6 is 0 Å². The van der Waals surface area contributed by atoms with Crippen molar-refractivity contribution in [2.24, 2.45) is 22.2 Å². The molecule has 1 heterocycles. The highest BCUT2D eigenvalue weighted by Crippen LogP contribution is 2.19. The van der Waals surface area contributed by atoms with Crippen LogP contribution in [0, 0.1) is 0 Å². The number of rotatable bonds is 14. The molecule has 4 atom stereocenters. The molecule has 0 spiro atoms. The molecule has 11 N–H and O–H groups in total. The molecule has 15 nitrogen and oxygen atoms in total. The average Bonchev–Trinajstić information content (AvgIpc) is 3.26. The summed E-state index contributed by atoms with van der Waals surface area (Å²) in [6, 6.07) is -4.83. The number of guanidine groups is 1. The number of nitrogens with zero attached hydrogens (tertiary/aromatic N) is 2. The van der Waals surface area contributed by atoms with Gasteiger partial charge < -0.3 is 48.1 Å². The first-order chi connectivity index (χ1) is 16.0. The number of hydrogen-bond donors (Lipinski definition) is 8. The second-order valence-electron chi connectivity index (χ2n) is 7.82. The van der Waals surface area contributed by atoms with E-state index >= 15 is 0 Å². The lowest BCUT2D eigenvalue weighted by Crippen LogP contribution is -2.57. The quantitative estimate of drug-likeness (QED) is 0.0670. The molecule has 1 saturated heterocycles. The Labute approximate surface area is 195 Å². The third-order valence-corrected chi connectivity index (χ3v) is 5.19. The molecule has 34 heavy (non-hydrogen) atoms. The number of aliphatic imine (C=N–C) groups is 1. The van der Waals surface area contributed by atoms with Crippen molar-refractivity contribution in [2.45, 2.75) is 62.7 Å². The van der Waals surface area contributed by atoms with Gasteiger partial charge in [-0.1, -0.05) is 0 Å². The van der Waals surface area contributed by atoms with Gasteiger partial charge in [0.2, 0.25) is 17.7 Å². The largest absolute Gasteiger partial charge is 0.481 e. The number of amides is 3. The van der Waals surface area contributed by atoms with Crippen molar-refractivity contribution in [3.05, 3.63) is 0 Å². The summed E-state index contributed by atoms with van der Waals surface area (Å²) in [7, 11) is 0. The van der Waals surface area contributed by atoms with Crippen molar-refractivity contribution in [3.8, 4) is 0 Å². The zero-order valence-electron chi connectivity index (χ0n) is 18.7. The van der Waals surface area contributed by atoms with Crippen LogP contribution in [0.5, 0.6) is 0 Å². The van der Waals surface area contributed by atoms with Gasteiger partial charge in [-0.15, -0.1) is 0 Å². The van der Waals surface area contributed by atoms with Crippen LogP contribution in [0.4, 0.5) is 0 Å². The van der Waals surface area contributed by atoms with E-state index in [1.807, 2.05) is 0 Å². The molecule has 1 rings (SSSR count). The Morgan fingerprint density at radius 1 is 1.06 bits per heavy atom. The molecular weight excluding hydrogens is 454 g/mol. The molecule has 4 unspecified atom stereocenters. The Kier molecular flexibility index (Phi) is 11.7. The Hall–Kier alpha value is -3.46. The minimum Gasteiger partial charge on any atom is -0.481 e. The fraction of sp³-hybridized carbons (Fsp3) is 0.684. The highest BCUT2D eigenvalue weighted by molar-refractivity contribution is 5.94. The SMILES string of the molecule is NC(N)=NCCCC(NC(=O)C(CCC(=O)O)NC(=O)C1CCCN1C(=O)C(N)CO)C(=O)O. The van der Waals surface area contributed by atoms with Crippen molar-refractivity contribution in [2.75, 3.05) is 19.7 Å². The summed E-state index contributed by atoms with van der Waals surface area (Å²) in [6.45, 7) is -0.233. The third-order valence-electron chi connectivity index (χ3n) is 5.19. The Morgan fingerprint density at radius 3 is 2.29 bits per heavy atom. The van der Waals surface area contributed by atoms with E-state index in [0.717, 1.165) is 0 Å². The Balaban J connectivity index is 2.89. The molecule has 0 radical (unpaired) electrons. The summed E-state index contributed by atoms with van der Waals surface area (Å²) in [5.74, 6) is -4.92. The topological polar surface area (TPSA) is 264 Å². The van der Waals surface area contributed by atoms with Gasteiger partial charge in [-0.25, -0.2) is 4.79 Å². The van der Waals surface area contributed by atoms with Crippen molar-refractivity contribution in [1.82, 2.24) is 15.5 Å². The number of carbonyl (C=O) groups is 5. The summed E-state index contributed by atoms with van der Waals surface area (Å²) >= 11 is 0. The number of hydrogen-bond acceptors (Lipinski definition) is 8. The zero-order valence-corrected chi connectivity index (χ0v) is 18.7. The summed E-state index contributed by atoms with van der Waals surface area (Å²) in [4.78, 5) is 65.4. The van der Waals surface area contributed by atoms with Gasteiger partial charge in [0, 0.05) is 19.5 Å². The number of aliphatic carboxylic acids is 2. The molecule has 0 aromatic rings. The van der Waals surface area contributed by atoms with E-state index in [0.29, 0.717) is 6.42 Å². The van der Waals surface area contributed by atoms with E-state index in [9.17, 15) is 29.1 Å². The summed E-state index contributed by atoms with van der Waals surface area (Å²) in [5.41, 5.74) is 16.0. The lowest BCUT2D eigenvalue weighted by molar-refractivity contribution is -0.144. The van der Waals surface area contributed by atoms with Crippen molar-refractivity contribution >= 4 is 35.6 Å². The molecule has 3 amide bonds. The molecule has 0 bridgehead atoms. The van der Waals surface area contributed by atoms with Crippen LogP contribution in [0.1, 0.15) is 38.5 Å². The number of nitrogens with one attached hydrogen (secondary N) is 2.